The van der Waals surface area contributed by atoms with Crippen LogP contribution in [0.4, 0.5) is 0 Å². The normalized spacial score (nSPS) is 29.5. The summed E-state index contributed by atoms with van der Waals surface area (Å²) in [6, 6.07) is 0.471. The maximum Gasteiger partial charge on any atom is 0.223 e. The SMILES string of the molecule is O=C(CCNC1CCS(=O)CC1)N1CCCC1. The van der Waals surface area contributed by atoms with Gasteiger partial charge in [-0.3, -0.25) is 9.00 Å². The summed E-state index contributed by atoms with van der Waals surface area (Å²) in [7, 11) is -0.592. The van der Waals surface area contributed by atoms with Crippen molar-refractivity contribution in [3.8, 4) is 0 Å². The Balaban J connectivity index is 1.59. The van der Waals surface area contributed by atoms with Crippen LogP contribution in [0.15, 0.2) is 0 Å². The lowest BCUT2D eigenvalue weighted by molar-refractivity contribution is -0.130. The Labute approximate surface area is 106 Å². The Morgan fingerprint density at radius 1 is 1.24 bits per heavy atom. The molecular formula is C12H22N2O2S. The number of rotatable bonds is 4. The summed E-state index contributed by atoms with van der Waals surface area (Å²) in [5.74, 6) is 1.92. The van der Waals surface area contributed by atoms with E-state index in [-0.39, 0.29) is 5.91 Å². The van der Waals surface area contributed by atoms with Gasteiger partial charge in [0.25, 0.3) is 0 Å². The highest BCUT2D eigenvalue weighted by atomic mass is 32.2. The predicted molar refractivity (Wildman–Crippen MR) is 69.3 cm³/mol. The fraction of sp³-hybridized carbons (Fsp3) is 0.917. The van der Waals surface area contributed by atoms with E-state index >= 15 is 0 Å². The van der Waals surface area contributed by atoms with E-state index in [9.17, 15) is 9.00 Å². The minimum absolute atomic E-state index is 0.286. The molecule has 5 heteroatoms. The van der Waals surface area contributed by atoms with Crippen molar-refractivity contribution in [3.05, 3.63) is 0 Å². The molecule has 0 aromatic heterocycles. The van der Waals surface area contributed by atoms with Crippen LogP contribution in [0, 0.1) is 0 Å². The molecule has 0 saturated carbocycles. The quantitative estimate of drug-likeness (QED) is 0.799. The summed E-state index contributed by atoms with van der Waals surface area (Å²) in [6.07, 6.45) is 4.91. The Bertz CT molecular complexity index is 280. The van der Waals surface area contributed by atoms with E-state index in [2.05, 4.69) is 5.32 Å². The number of nitrogens with one attached hydrogen (secondary N) is 1. The zero-order valence-corrected chi connectivity index (χ0v) is 11.1. The van der Waals surface area contributed by atoms with Gasteiger partial charge in [-0.25, -0.2) is 0 Å². The largest absolute Gasteiger partial charge is 0.343 e. The molecule has 0 unspecified atom stereocenters. The number of amides is 1. The van der Waals surface area contributed by atoms with Crippen molar-refractivity contribution in [2.45, 2.75) is 38.1 Å². The molecule has 2 rings (SSSR count). The van der Waals surface area contributed by atoms with Gasteiger partial charge in [0.05, 0.1) is 0 Å². The first kappa shape index (κ1) is 13.0. The Hall–Kier alpha value is -0.420. The van der Waals surface area contributed by atoms with Crippen LogP contribution in [0.3, 0.4) is 0 Å². The molecule has 0 radical (unpaired) electrons. The van der Waals surface area contributed by atoms with Crippen LogP contribution in [-0.2, 0) is 15.6 Å². The first-order chi connectivity index (χ1) is 8.25. The molecule has 98 valence electrons. The van der Waals surface area contributed by atoms with Crippen LogP contribution >= 0.6 is 0 Å². The molecule has 0 atom stereocenters. The van der Waals surface area contributed by atoms with E-state index in [0.29, 0.717) is 12.5 Å². The van der Waals surface area contributed by atoms with Gasteiger partial charge in [0.15, 0.2) is 0 Å². The van der Waals surface area contributed by atoms with Crippen LogP contribution in [0.25, 0.3) is 0 Å². The Morgan fingerprint density at radius 2 is 1.88 bits per heavy atom. The molecule has 1 amide bonds. The maximum absolute atomic E-state index is 11.8. The number of carbonyl (C=O) groups excluding carboxylic acids is 1. The summed E-state index contributed by atoms with van der Waals surface area (Å²) in [6.45, 7) is 2.66. The van der Waals surface area contributed by atoms with E-state index in [1.165, 1.54) is 0 Å². The van der Waals surface area contributed by atoms with Gasteiger partial charge in [0.2, 0.25) is 5.91 Å². The second-order valence-electron chi connectivity index (χ2n) is 4.91. The lowest BCUT2D eigenvalue weighted by atomic mass is 10.1. The zero-order chi connectivity index (χ0) is 12.1. The molecule has 0 spiro atoms. The maximum atomic E-state index is 11.8. The Kier molecular flexibility index (Phi) is 4.98. The lowest BCUT2D eigenvalue weighted by Gasteiger charge is -2.23. The van der Waals surface area contributed by atoms with Crippen molar-refractivity contribution in [3.63, 3.8) is 0 Å². The average Bonchev–Trinajstić information content (AvgIpc) is 2.85. The standard InChI is InChI=1S/C12H22N2O2S/c15-12(14-7-1-2-8-14)3-6-13-11-4-9-17(16)10-5-11/h11,13H,1-10H2. The monoisotopic (exact) mass is 258 g/mol. The van der Waals surface area contributed by atoms with E-state index in [0.717, 1.165) is 56.8 Å². The van der Waals surface area contributed by atoms with E-state index in [4.69, 9.17) is 0 Å². The molecule has 17 heavy (non-hydrogen) atoms. The fourth-order valence-corrected chi connectivity index (χ4v) is 3.80. The van der Waals surface area contributed by atoms with Gasteiger partial charge in [-0.15, -0.1) is 0 Å². The summed E-state index contributed by atoms with van der Waals surface area (Å²) in [5, 5.41) is 3.41. The third kappa shape index (κ3) is 4.07. The van der Waals surface area contributed by atoms with Gasteiger partial charge < -0.3 is 10.2 Å². The van der Waals surface area contributed by atoms with Crippen LogP contribution in [0.2, 0.25) is 0 Å². The third-order valence-electron chi connectivity index (χ3n) is 3.62. The highest BCUT2D eigenvalue weighted by molar-refractivity contribution is 7.85. The minimum atomic E-state index is -0.592. The van der Waals surface area contributed by atoms with Gasteiger partial charge in [-0.2, -0.15) is 0 Å². The van der Waals surface area contributed by atoms with Crippen LogP contribution in [0.1, 0.15) is 32.1 Å². The van der Waals surface area contributed by atoms with E-state index < -0.39 is 10.8 Å². The van der Waals surface area contributed by atoms with Crippen molar-refractivity contribution in [1.29, 1.82) is 0 Å². The average molecular weight is 258 g/mol. The molecule has 2 heterocycles. The topological polar surface area (TPSA) is 49.4 Å². The lowest BCUT2D eigenvalue weighted by Crippen LogP contribution is -2.38. The Morgan fingerprint density at radius 3 is 2.53 bits per heavy atom. The smallest absolute Gasteiger partial charge is 0.223 e. The first-order valence-electron chi connectivity index (χ1n) is 6.62. The summed E-state index contributed by atoms with van der Waals surface area (Å²) in [4.78, 5) is 13.7. The number of hydrogen-bond acceptors (Lipinski definition) is 3. The highest BCUT2D eigenvalue weighted by Crippen LogP contribution is 2.10. The number of carbonyl (C=O) groups is 1. The fourth-order valence-electron chi connectivity index (χ4n) is 2.51. The molecule has 1 N–H and O–H groups in total. The van der Waals surface area contributed by atoms with Crippen molar-refractivity contribution >= 4 is 16.7 Å². The van der Waals surface area contributed by atoms with Gasteiger partial charge in [-0.1, -0.05) is 0 Å². The van der Waals surface area contributed by atoms with Crippen molar-refractivity contribution in [2.75, 3.05) is 31.1 Å². The van der Waals surface area contributed by atoms with Crippen LogP contribution in [-0.4, -0.2) is 52.2 Å². The summed E-state index contributed by atoms with van der Waals surface area (Å²) in [5.41, 5.74) is 0. The van der Waals surface area contributed by atoms with Crippen molar-refractivity contribution < 1.29 is 9.00 Å². The number of hydrogen-bond donors (Lipinski definition) is 1. The van der Waals surface area contributed by atoms with Crippen molar-refractivity contribution in [2.24, 2.45) is 0 Å². The molecule has 0 aliphatic carbocycles. The van der Waals surface area contributed by atoms with Gasteiger partial charge in [-0.05, 0) is 25.7 Å². The molecule has 0 bridgehead atoms. The summed E-state index contributed by atoms with van der Waals surface area (Å²) < 4.78 is 11.2. The van der Waals surface area contributed by atoms with Gasteiger partial charge >= 0.3 is 0 Å². The van der Waals surface area contributed by atoms with E-state index in [1.807, 2.05) is 4.90 Å². The molecule has 0 aromatic rings. The summed E-state index contributed by atoms with van der Waals surface area (Å²) >= 11 is 0. The highest BCUT2D eigenvalue weighted by Gasteiger charge is 2.19. The minimum Gasteiger partial charge on any atom is -0.343 e. The predicted octanol–water partition coefficient (Wildman–Crippen LogP) is 0.500. The molecular weight excluding hydrogens is 236 g/mol. The molecule has 4 nitrogen and oxygen atoms in total. The van der Waals surface area contributed by atoms with Gasteiger partial charge in [0.1, 0.15) is 0 Å². The second-order valence-corrected chi connectivity index (χ2v) is 6.61. The molecule has 2 aliphatic heterocycles. The van der Waals surface area contributed by atoms with E-state index in [1.54, 1.807) is 0 Å². The van der Waals surface area contributed by atoms with Gasteiger partial charge in [0, 0.05) is 54.4 Å². The van der Waals surface area contributed by atoms with Crippen molar-refractivity contribution in [1.82, 2.24) is 10.2 Å². The molecule has 2 fully saturated rings. The third-order valence-corrected chi connectivity index (χ3v) is 5.00. The van der Waals surface area contributed by atoms with Crippen LogP contribution < -0.4 is 5.32 Å². The molecule has 2 aliphatic rings. The molecule has 2 saturated heterocycles. The number of nitrogens with zero attached hydrogens (tertiary/aromatic N) is 1. The first-order valence-corrected chi connectivity index (χ1v) is 8.10. The zero-order valence-electron chi connectivity index (χ0n) is 10.3. The number of likely N-dealkylation sites (tertiary alicyclic amines) is 1. The van der Waals surface area contributed by atoms with Crippen LogP contribution in [0.5, 0.6) is 0 Å². The second kappa shape index (κ2) is 6.50. The molecule has 0 aromatic carbocycles.